The van der Waals surface area contributed by atoms with Crippen LogP contribution >= 0.6 is 0 Å². The number of likely N-dealkylation sites (tertiary alicyclic amines) is 1. The van der Waals surface area contributed by atoms with Crippen molar-refractivity contribution in [3.8, 4) is 0 Å². The summed E-state index contributed by atoms with van der Waals surface area (Å²) < 4.78 is 5.45. The van der Waals surface area contributed by atoms with Gasteiger partial charge in [0, 0.05) is 17.7 Å². The quantitative estimate of drug-likeness (QED) is 0.939. The van der Waals surface area contributed by atoms with E-state index in [1.165, 1.54) is 6.07 Å². The number of carbonyl (C=O) groups is 2. The molecule has 1 aliphatic rings. The molecule has 1 aromatic heterocycles. The smallest absolute Gasteiger partial charge is 0.254 e. The van der Waals surface area contributed by atoms with E-state index in [1.54, 1.807) is 29.4 Å². The summed E-state index contributed by atoms with van der Waals surface area (Å²) in [4.78, 5) is 30.0. The summed E-state index contributed by atoms with van der Waals surface area (Å²) >= 11 is 0. The van der Waals surface area contributed by atoms with Crippen LogP contribution in [0.3, 0.4) is 0 Å². The predicted octanol–water partition coefficient (Wildman–Crippen LogP) is 2.06. The van der Waals surface area contributed by atoms with Gasteiger partial charge in [-0.3, -0.25) is 9.59 Å². The van der Waals surface area contributed by atoms with Crippen LogP contribution < -0.4 is 5.73 Å². The normalized spacial score (nSPS) is 17.7. The molecule has 6 heteroatoms. The Morgan fingerprint density at radius 1 is 1.36 bits per heavy atom. The molecule has 0 bridgehead atoms. The number of carbonyl (C=O) groups excluding carboxylic acids is 2. The number of hydrogen-bond donors (Lipinski definition) is 1. The molecule has 0 radical (unpaired) electrons. The Morgan fingerprint density at radius 2 is 2.14 bits per heavy atom. The summed E-state index contributed by atoms with van der Waals surface area (Å²) in [5.74, 6) is -0.119. The molecule has 0 unspecified atom stereocenters. The first-order valence-electron chi connectivity index (χ1n) is 7.19. The Balaban J connectivity index is 1.87. The predicted molar refractivity (Wildman–Crippen MR) is 79.2 cm³/mol. The van der Waals surface area contributed by atoms with E-state index < -0.39 is 5.91 Å². The molecule has 0 saturated carbocycles. The molecule has 2 N–H and O–H groups in total. The molecule has 1 atom stereocenters. The summed E-state index contributed by atoms with van der Waals surface area (Å²) in [5.41, 5.74) is 6.84. The topological polar surface area (TPSA) is 89.4 Å². The van der Waals surface area contributed by atoms with E-state index in [0.717, 1.165) is 18.5 Å². The number of rotatable bonds is 3. The standard InChI is InChI=1S/C16H17N3O3/c1-10-9-22-15(18-10)13-6-3-7-19(13)16(21)12-5-2-4-11(8-12)14(17)20/h2,4-5,8-9,13H,3,6-7H2,1H3,(H2,17,20)/t13-/m1/s1. The lowest BCUT2D eigenvalue weighted by Gasteiger charge is -2.22. The fourth-order valence-electron chi connectivity index (χ4n) is 2.76. The lowest BCUT2D eigenvalue weighted by atomic mass is 10.1. The zero-order chi connectivity index (χ0) is 15.7. The van der Waals surface area contributed by atoms with Gasteiger partial charge in [0.15, 0.2) is 0 Å². The van der Waals surface area contributed by atoms with Gasteiger partial charge in [-0.05, 0) is 38.0 Å². The Bertz CT molecular complexity index is 723. The van der Waals surface area contributed by atoms with Crippen LogP contribution in [-0.2, 0) is 0 Å². The van der Waals surface area contributed by atoms with Crippen molar-refractivity contribution in [1.29, 1.82) is 0 Å². The molecular formula is C16H17N3O3. The number of aromatic nitrogens is 1. The largest absolute Gasteiger partial charge is 0.446 e. The molecule has 2 heterocycles. The molecule has 0 aliphatic carbocycles. The van der Waals surface area contributed by atoms with Crippen LogP contribution in [0.2, 0.25) is 0 Å². The third-order valence-corrected chi connectivity index (χ3v) is 3.83. The van der Waals surface area contributed by atoms with Crippen LogP contribution in [-0.4, -0.2) is 28.2 Å². The lowest BCUT2D eigenvalue weighted by molar-refractivity contribution is 0.0715. The fourth-order valence-corrected chi connectivity index (χ4v) is 2.76. The van der Waals surface area contributed by atoms with Crippen molar-refractivity contribution >= 4 is 11.8 Å². The van der Waals surface area contributed by atoms with Crippen molar-refractivity contribution in [2.75, 3.05) is 6.54 Å². The molecule has 2 aromatic rings. The minimum Gasteiger partial charge on any atom is -0.446 e. The maximum Gasteiger partial charge on any atom is 0.254 e. The summed E-state index contributed by atoms with van der Waals surface area (Å²) in [6.07, 6.45) is 3.30. The van der Waals surface area contributed by atoms with Gasteiger partial charge in [-0.25, -0.2) is 4.98 Å². The van der Waals surface area contributed by atoms with Gasteiger partial charge in [0.2, 0.25) is 11.8 Å². The number of benzene rings is 1. The van der Waals surface area contributed by atoms with Crippen LogP contribution in [0, 0.1) is 6.92 Å². The number of hydrogen-bond acceptors (Lipinski definition) is 4. The minimum absolute atomic E-state index is 0.138. The highest BCUT2D eigenvalue weighted by atomic mass is 16.3. The van der Waals surface area contributed by atoms with Crippen LogP contribution in [0.15, 0.2) is 34.9 Å². The van der Waals surface area contributed by atoms with E-state index in [-0.39, 0.29) is 11.9 Å². The van der Waals surface area contributed by atoms with Crippen LogP contribution in [0.4, 0.5) is 0 Å². The van der Waals surface area contributed by atoms with E-state index in [1.807, 2.05) is 6.92 Å². The highest BCUT2D eigenvalue weighted by Crippen LogP contribution is 2.32. The second-order valence-corrected chi connectivity index (χ2v) is 5.43. The van der Waals surface area contributed by atoms with E-state index >= 15 is 0 Å². The number of nitrogens with zero attached hydrogens (tertiary/aromatic N) is 2. The second-order valence-electron chi connectivity index (χ2n) is 5.43. The average molecular weight is 299 g/mol. The third kappa shape index (κ3) is 2.59. The summed E-state index contributed by atoms with van der Waals surface area (Å²) in [6, 6.07) is 6.32. The van der Waals surface area contributed by atoms with Gasteiger partial charge in [0.1, 0.15) is 12.3 Å². The van der Waals surface area contributed by atoms with Crippen molar-refractivity contribution in [3.63, 3.8) is 0 Å². The van der Waals surface area contributed by atoms with Crippen molar-refractivity contribution in [1.82, 2.24) is 9.88 Å². The highest BCUT2D eigenvalue weighted by Gasteiger charge is 2.33. The lowest BCUT2D eigenvalue weighted by Crippen LogP contribution is -2.31. The van der Waals surface area contributed by atoms with Gasteiger partial charge in [0.05, 0.1) is 5.69 Å². The fraction of sp³-hybridized carbons (Fsp3) is 0.312. The zero-order valence-electron chi connectivity index (χ0n) is 12.3. The van der Waals surface area contributed by atoms with Gasteiger partial charge < -0.3 is 15.1 Å². The van der Waals surface area contributed by atoms with Crippen LogP contribution in [0.25, 0.3) is 0 Å². The van der Waals surface area contributed by atoms with Crippen molar-refractivity contribution < 1.29 is 14.0 Å². The van der Waals surface area contributed by atoms with Crippen molar-refractivity contribution in [3.05, 3.63) is 53.2 Å². The Labute approximate surface area is 127 Å². The van der Waals surface area contributed by atoms with Gasteiger partial charge in [-0.2, -0.15) is 0 Å². The number of primary amides is 1. The first-order valence-corrected chi connectivity index (χ1v) is 7.19. The molecule has 1 aromatic carbocycles. The van der Waals surface area contributed by atoms with E-state index in [0.29, 0.717) is 23.6 Å². The number of oxazole rings is 1. The highest BCUT2D eigenvalue weighted by molar-refractivity contribution is 5.99. The molecule has 22 heavy (non-hydrogen) atoms. The molecule has 3 rings (SSSR count). The van der Waals surface area contributed by atoms with Gasteiger partial charge in [-0.1, -0.05) is 6.07 Å². The minimum atomic E-state index is -0.545. The number of amides is 2. The SMILES string of the molecule is Cc1coc([C@H]2CCCN2C(=O)c2cccc(C(N)=O)c2)n1. The molecule has 1 aliphatic heterocycles. The molecule has 1 saturated heterocycles. The molecule has 114 valence electrons. The second kappa shape index (κ2) is 5.63. The van der Waals surface area contributed by atoms with E-state index in [4.69, 9.17) is 10.2 Å². The monoisotopic (exact) mass is 299 g/mol. The third-order valence-electron chi connectivity index (χ3n) is 3.83. The van der Waals surface area contributed by atoms with E-state index in [9.17, 15) is 9.59 Å². The first-order chi connectivity index (χ1) is 10.6. The molecule has 2 amide bonds. The first kappa shape index (κ1) is 14.3. The molecule has 1 fully saturated rings. The van der Waals surface area contributed by atoms with Gasteiger partial charge >= 0.3 is 0 Å². The summed E-state index contributed by atoms with van der Waals surface area (Å²) in [5, 5.41) is 0. The summed E-state index contributed by atoms with van der Waals surface area (Å²) in [6.45, 7) is 2.50. The number of aryl methyl sites for hydroxylation is 1. The maximum atomic E-state index is 12.7. The van der Waals surface area contributed by atoms with Crippen molar-refractivity contribution in [2.24, 2.45) is 5.73 Å². The maximum absolute atomic E-state index is 12.7. The summed E-state index contributed by atoms with van der Waals surface area (Å²) in [7, 11) is 0. The number of nitrogens with two attached hydrogens (primary N) is 1. The molecule has 6 nitrogen and oxygen atoms in total. The van der Waals surface area contributed by atoms with Crippen molar-refractivity contribution in [2.45, 2.75) is 25.8 Å². The zero-order valence-corrected chi connectivity index (χ0v) is 12.3. The van der Waals surface area contributed by atoms with Crippen LogP contribution in [0.1, 0.15) is 51.2 Å². The van der Waals surface area contributed by atoms with E-state index in [2.05, 4.69) is 4.98 Å². The Hall–Kier alpha value is -2.63. The molecular weight excluding hydrogens is 282 g/mol. The Kier molecular flexibility index (Phi) is 3.66. The average Bonchev–Trinajstić information content (AvgIpc) is 3.15. The Morgan fingerprint density at radius 3 is 2.82 bits per heavy atom. The van der Waals surface area contributed by atoms with Crippen LogP contribution in [0.5, 0.6) is 0 Å². The molecule has 0 spiro atoms. The van der Waals surface area contributed by atoms with Gasteiger partial charge in [0.25, 0.3) is 5.91 Å². The van der Waals surface area contributed by atoms with Gasteiger partial charge in [-0.15, -0.1) is 0 Å².